The lowest BCUT2D eigenvalue weighted by atomic mass is 9.80. The highest BCUT2D eigenvalue weighted by Crippen LogP contribution is 2.38. The van der Waals surface area contributed by atoms with E-state index in [2.05, 4.69) is 27.0 Å². The maximum atomic E-state index is 13.6. The van der Waals surface area contributed by atoms with Gasteiger partial charge >= 0.3 is 0 Å². The lowest BCUT2D eigenvalue weighted by molar-refractivity contribution is 0.461. The van der Waals surface area contributed by atoms with Crippen LogP contribution in [0.25, 0.3) is 0 Å². The average Bonchev–Trinajstić information content (AvgIpc) is 2.45. The Labute approximate surface area is 126 Å². The van der Waals surface area contributed by atoms with Crippen LogP contribution in [-0.2, 0) is 6.42 Å². The Balaban J connectivity index is 1.97. The highest BCUT2D eigenvalue weighted by Gasteiger charge is 2.28. The summed E-state index contributed by atoms with van der Waals surface area (Å²) in [5.41, 5.74) is 9.56. The Bertz CT molecular complexity index is 609. The van der Waals surface area contributed by atoms with Crippen molar-refractivity contribution in [3.05, 3.63) is 63.6 Å². The molecule has 0 aliphatic heterocycles. The number of halogens is 2. The van der Waals surface area contributed by atoms with Gasteiger partial charge in [0.1, 0.15) is 5.82 Å². The number of aromatic nitrogens is 1. The molecule has 20 heavy (non-hydrogen) atoms. The fourth-order valence-electron chi connectivity index (χ4n) is 2.99. The van der Waals surface area contributed by atoms with Crippen LogP contribution in [0, 0.1) is 5.82 Å². The first-order valence-electron chi connectivity index (χ1n) is 6.80. The molecule has 0 amide bonds. The standard InChI is InChI=1S/C16H16BrFN2/c17-12-7-11(8-13(18)9-12)15(19)14-5-1-3-10-4-2-6-20-16(10)14/h2,4,6-9,14-15H,1,3,5,19H2. The molecule has 2 nitrogen and oxygen atoms in total. The van der Waals surface area contributed by atoms with Gasteiger partial charge in [-0.3, -0.25) is 4.98 Å². The van der Waals surface area contributed by atoms with Crippen LogP contribution in [0.3, 0.4) is 0 Å². The van der Waals surface area contributed by atoms with Crippen molar-refractivity contribution in [3.63, 3.8) is 0 Å². The zero-order chi connectivity index (χ0) is 14.1. The summed E-state index contributed by atoms with van der Waals surface area (Å²) in [5.74, 6) is -0.101. The summed E-state index contributed by atoms with van der Waals surface area (Å²) in [6.45, 7) is 0. The predicted molar refractivity (Wildman–Crippen MR) is 80.9 cm³/mol. The van der Waals surface area contributed by atoms with Gasteiger partial charge in [0.2, 0.25) is 0 Å². The second kappa shape index (κ2) is 5.62. The summed E-state index contributed by atoms with van der Waals surface area (Å²) in [6, 6.07) is 8.71. The van der Waals surface area contributed by atoms with E-state index in [1.807, 2.05) is 18.3 Å². The molecule has 2 N–H and O–H groups in total. The Kier molecular flexibility index (Phi) is 3.85. The lowest BCUT2D eigenvalue weighted by Crippen LogP contribution is -2.24. The monoisotopic (exact) mass is 334 g/mol. The zero-order valence-corrected chi connectivity index (χ0v) is 12.6. The van der Waals surface area contributed by atoms with E-state index in [1.54, 1.807) is 0 Å². The molecule has 0 saturated carbocycles. The average molecular weight is 335 g/mol. The smallest absolute Gasteiger partial charge is 0.124 e. The van der Waals surface area contributed by atoms with E-state index in [-0.39, 0.29) is 17.8 Å². The summed E-state index contributed by atoms with van der Waals surface area (Å²) in [4.78, 5) is 4.51. The topological polar surface area (TPSA) is 38.9 Å². The van der Waals surface area contributed by atoms with Crippen LogP contribution in [0.2, 0.25) is 0 Å². The molecule has 0 saturated heterocycles. The van der Waals surface area contributed by atoms with Crippen molar-refractivity contribution in [2.45, 2.75) is 31.2 Å². The van der Waals surface area contributed by atoms with E-state index in [0.29, 0.717) is 0 Å². The Morgan fingerprint density at radius 3 is 3.00 bits per heavy atom. The van der Waals surface area contributed by atoms with E-state index >= 15 is 0 Å². The summed E-state index contributed by atoms with van der Waals surface area (Å²) in [6.07, 6.45) is 4.97. The van der Waals surface area contributed by atoms with Gasteiger partial charge in [-0.2, -0.15) is 0 Å². The third-order valence-electron chi connectivity index (χ3n) is 3.94. The van der Waals surface area contributed by atoms with Crippen LogP contribution in [0.1, 0.15) is 41.6 Å². The number of benzene rings is 1. The SMILES string of the molecule is NC(c1cc(F)cc(Br)c1)C1CCCc2cccnc21. The molecule has 1 aromatic carbocycles. The van der Waals surface area contributed by atoms with Crippen LogP contribution >= 0.6 is 15.9 Å². The molecule has 1 heterocycles. The highest BCUT2D eigenvalue weighted by atomic mass is 79.9. The van der Waals surface area contributed by atoms with Gasteiger partial charge in [-0.05, 0) is 54.7 Å². The normalized spacial score (nSPS) is 19.4. The van der Waals surface area contributed by atoms with E-state index in [0.717, 1.165) is 35.0 Å². The summed E-state index contributed by atoms with van der Waals surface area (Å²) >= 11 is 3.33. The lowest BCUT2D eigenvalue weighted by Gasteiger charge is -2.29. The fraction of sp³-hybridized carbons (Fsp3) is 0.312. The Morgan fingerprint density at radius 1 is 1.35 bits per heavy atom. The van der Waals surface area contributed by atoms with Gasteiger partial charge in [-0.25, -0.2) is 4.39 Å². The van der Waals surface area contributed by atoms with Gasteiger partial charge in [0.05, 0.1) is 0 Å². The summed E-state index contributed by atoms with van der Waals surface area (Å²) in [7, 11) is 0. The molecule has 1 aromatic heterocycles. The molecule has 2 unspecified atom stereocenters. The molecular weight excluding hydrogens is 319 g/mol. The van der Waals surface area contributed by atoms with Crippen molar-refractivity contribution in [3.8, 4) is 0 Å². The molecule has 0 bridgehead atoms. The number of pyridine rings is 1. The van der Waals surface area contributed by atoms with Gasteiger partial charge in [0, 0.05) is 28.3 Å². The molecule has 0 spiro atoms. The van der Waals surface area contributed by atoms with Crippen molar-refractivity contribution in [1.82, 2.24) is 4.98 Å². The molecule has 0 radical (unpaired) electrons. The maximum absolute atomic E-state index is 13.6. The van der Waals surface area contributed by atoms with Gasteiger partial charge in [0.15, 0.2) is 0 Å². The molecule has 3 rings (SSSR count). The zero-order valence-electron chi connectivity index (χ0n) is 11.0. The van der Waals surface area contributed by atoms with Crippen LogP contribution in [-0.4, -0.2) is 4.98 Å². The number of fused-ring (bicyclic) bond motifs is 1. The molecule has 0 fully saturated rings. The third-order valence-corrected chi connectivity index (χ3v) is 4.40. The van der Waals surface area contributed by atoms with E-state index in [1.165, 1.54) is 17.7 Å². The number of nitrogens with zero attached hydrogens (tertiary/aromatic N) is 1. The minimum absolute atomic E-state index is 0.161. The van der Waals surface area contributed by atoms with Crippen molar-refractivity contribution in [2.75, 3.05) is 0 Å². The Hall–Kier alpha value is -1.26. The summed E-state index contributed by atoms with van der Waals surface area (Å²) in [5, 5.41) is 0. The number of aryl methyl sites for hydroxylation is 1. The largest absolute Gasteiger partial charge is 0.323 e. The Morgan fingerprint density at radius 2 is 2.20 bits per heavy atom. The first kappa shape index (κ1) is 13.7. The van der Waals surface area contributed by atoms with Crippen LogP contribution in [0.5, 0.6) is 0 Å². The molecule has 2 atom stereocenters. The van der Waals surface area contributed by atoms with Gasteiger partial charge in [-0.15, -0.1) is 0 Å². The molecular formula is C16H16BrFN2. The molecule has 4 heteroatoms. The van der Waals surface area contributed by atoms with E-state index in [4.69, 9.17) is 5.73 Å². The minimum Gasteiger partial charge on any atom is -0.323 e. The van der Waals surface area contributed by atoms with Crippen molar-refractivity contribution < 1.29 is 4.39 Å². The predicted octanol–water partition coefficient (Wildman–Crippen LogP) is 4.10. The number of hydrogen-bond donors (Lipinski definition) is 1. The fourth-order valence-corrected chi connectivity index (χ4v) is 3.48. The van der Waals surface area contributed by atoms with Gasteiger partial charge in [-0.1, -0.05) is 22.0 Å². The minimum atomic E-state index is -0.262. The highest BCUT2D eigenvalue weighted by molar-refractivity contribution is 9.10. The summed E-state index contributed by atoms with van der Waals surface area (Å²) < 4.78 is 14.3. The number of nitrogens with two attached hydrogens (primary N) is 1. The second-order valence-corrected chi connectivity index (χ2v) is 6.19. The van der Waals surface area contributed by atoms with Crippen LogP contribution in [0.4, 0.5) is 4.39 Å². The molecule has 104 valence electrons. The molecule has 2 aromatic rings. The third kappa shape index (κ3) is 2.63. The maximum Gasteiger partial charge on any atom is 0.124 e. The number of hydrogen-bond acceptors (Lipinski definition) is 2. The van der Waals surface area contributed by atoms with Crippen molar-refractivity contribution >= 4 is 15.9 Å². The molecule has 1 aliphatic carbocycles. The first-order chi connectivity index (χ1) is 9.65. The van der Waals surface area contributed by atoms with Gasteiger partial charge < -0.3 is 5.73 Å². The van der Waals surface area contributed by atoms with Crippen molar-refractivity contribution in [1.29, 1.82) is 0 Å². The van der Waals surface area contributed by atoms with E-state index < -0.39 is 0 Å². The van der Waals surface area contributed by atoms with Crippen LogP contribution in [0.15, 0.2) is 41.0 Å². The molecule has 1 aliphatic rings. The number of rotatable bonds is 2. The quantitative estimate of drug-likeness (QED) is 0.897. The van der Waals surface area contributed by atoms with Crippen molar-refractivity contribution in [2.24, 2.45) is 5.73 Å². The van der Waals surface area contributed by atoms with Crippen LogP contribution < -0.4 is 5.73 Å². The first-order valence-corrected chi connectivity index (χ1v) is 7.60. The van der Waals surface area contributed by atoms with Gasteiger partial charge in [0.25, 0.3) is 0 Å². The second-order valence-electron chi connectivity index (χ2n) is 5.28. The van der Waals surface area contributed by atoms with E-state index in [9.17, 15) is 4.39 Å².